The molecule has 2 heterocycles. The van der Waals surface area contributed by atoms with Crippen molar-refractivity contribution in [2.45, 2.75) is 26.3 Å². The van der Waals surface area contributed by atoms with Crippen LogP contribution < -0.4 is 5.32 Å². The second-order valence-corrected chi connectivity index (χ2v) is 7.55. The molecule has 0 fully saturated rings. The third-order valence-corrected chi connectivity index (χ3v) is 5.27. The number of fused-ring (bicyclic) bond motifs is 3. The van der Waals surface area contributed by atoms with E-state index in [2.05, 4.69) is 15.5 Å². The van der Waals surface area contributed by atoms with E-state index in [4.69, 9.17) is 16.6 Å². The first kappa shape index (κ1) is 20.3. The largest absolute Gasteiger partial charge is 0.394 e. The fourth-order valence-corrected chi connectivity index (χ4v) is 3.66. The molecule has 1 aliphatic rings. The van der Waals surface area contributed by atoms with E-state index in [9.17, 15) is 9.90 Å². The summed E-state index contributed by atoms with van der Waals surface area (Å²) in [7, 11) is 0. The highest BCUT2D eigenvalue weighted by Gasteiger charge is 2.28. The highest BCUT2D eigenvalue weighted by molar-refractivity contribution is 6.30. The van der Waals surface area contributed by atoms with Crippen molar-refractivity contribution in [2.75, 3.05) is 13.2 Å². The zero-order valence-corrected chi connectivity index (χ0v) is 17.5. The normalized spacial score (nSPS) is 15.1. The Bertz CT molecular complexity index is 1120. The minimum absolute atomic E-state index is 0.140. The molecule has 2 aromatic carbocycles. The summed E-state index contributed by atoms with van der Waals surface area (Å²) in [4.78, 5) is 17.4. The van der Waals surface area contributed by atoms with Crippen LogP contribution in [0.3, 0.4) is 0 Å². The molecule has 30 heavy (non-hydrogen) atoms. The summed E-state index contributed by atoms with van der Waals surface area (Å²) in [6.07, 6.45) is 0.857. The van der Waals surface area contributed by atoms with E-state index in [1.165, 1.54) is 0 Å². The van der Waals surface area contributed by atoms with Gasteiger partial charge in [0.05, 0.1) is 18.0 Å². The van der Waals surface area contributed by atoms with Gasteiger partial charge in [0.25, 0.3) is 5.91 Å². The zero-order valence-electron chi connectivity index (χ0n) is 16.8. The molecule has 1 aliphatic heterocycles. The molecule has 1 amide bonds. The Morgan fingerprint density at radius 3 is 2.67 bits per heavy atom. The molecule has 0 aliphatic carbocycles. The van der Waals surface area contributed by atoms with Gasteiger partial charge < -0.3 is 10.4 Å². The number of nitrogens with one attached hydrogen (secondary N) is 1. The number of aliphatic imine (C=N–C) groups is 1. The lowest BCUT2D eigenvalue weighted by molar-refractivity contribution is 0.0953. The highest BCUT2D eigenvalue weighted by atomic mass is 35.5. The molecular weight excluding hydrogens is 402 g/mol. The number of hydrogen-bond acceptors (Lipinski definition) is 5. The molecular formula is C22H22ClN5O2. The van der Waals surface area contributed by atoms with Crippen molar-refractivity contribution in [1.82, 2.24) is 20.1 Å². The predicted octanol–water partition coefficient (Wildman–Crippen LogP) is 3.25. The molecule has 0 saturated carbocycles. The first-order valence-electron chi connectivity index (χ1n) is 9.83. The van der Waals surface area contributed by atoms with Crippen LogP contribution in [-0.4, -0.2) is 44.6 Å². The number of aliphatic hydroxyl groups is 1. The van der Waals surface area contributed by atoms with E-state index < -0.39 is 6.04 Å². The maximum atomic E-state index is 12.6. The van der Waals surface area contributed by atoms with E-state index in [1.807, 2.05) is 42.7 Å². The Hall–Kier alpha value is -3.03. The van der Waals surface area contributed by atoms with Crippen molar-refractivity contribution in [3.05, 3.63) is 75.8 Å². The lowest BCUT2D eigenvalue weighted by Gasteiger charge is -2.14. The molecule has 1 aromatic heterocycles. The Labute approximate surface area is 179 Å². The first-order valence-corrected chi connectivity index (χ1v) is 10.2. The third-order valence-electron chi connectivity index (χ3n) is 5.01. The topological polar surface area (TPSA) is 92.4 Å². The van der Waals surface area contributed by atoms with Crippen LogP contribution in [0.2, 0.25) is 5.02 Å². The number of carbonyl (C=O) groups is 1. The van der Waals surface area contributed by atoms with Crippen LogP contribution in [0.25, 0.3) is 5.69 Å². The number of aromatic nitrogens is 3. The fourth-order valence-electron chi connectivity index (χ4n) is 3.54. The number of aliphatic hydroxyl groups excluding tert-OH is 1. The summed E-state index contributed by atoms with van der Waals surface area (Å²) in [5.74, 6) is 1.10. The molecule has 2 N–H and O–H groups in total. The summed E-state index contributed by atoms with van der Waals surface area (Å²) in [6, 6.07) is 12.2. The minimum atomic E-state index is -0.582. The molecule has 0 unspecified atom stereocenters. The number of carbonyl (C=O) groups excluding carboxylic acids is 1. The smallest absolute Gasteiger partial charge is 0.251 e. The van der Waals surface area contributed by atoms with Crippen molar-refractivity contribution >= 4 is 23.2 Å². The summed E-state index contributed by atoms with van der Waals surface area (Å²) in [5, 5.41) is 22.0. The van der Waals surface area contributed by atoms with Gasteiger partial charge in [-0.2, -0.15) is 0 Å². The molecule has 0 saturated heterocycles. The summed E-state index contributed by atoms with van der Waals surface area (Å²) < 4.78 is 1.89. The fraction of sp³-hybridized carbons (Fsp3) is 0.273. The maximum Gasteiger partial charge on any atom is 0.251 e. The highest BCUT2D eigenvalue weighted by Crippen LogP contribution is 2.31. The van der Waals surface area contributed by atoms with E-state index in [0.717, 1.165) is 23.2 Å². The van der Waals surface area contributed by atoms with Gasteiger partial charge >= 0.3 is 0 Å². The van der Waals surface area contributed by atoms with Crippen LogP contribution in [0.5, 0.6) is 0 Å². The van der Waals surface area contributed by atoms with Crippen molar-refractivity contribution in [3.8, 4) is 5.69 Å². The summed E-state index contributed by atoms with van der Waals surface area (Å²) >= 11 is 6.08. The van der Waals surface area contributed by atoms with Crippen LogP contribution >= 0.6 is 11.6 Å². The Kier molecular flexibility index (Phi) is 5.65. The molecule has 0 radical (unpaired) electrons. The molecule has 7 nitrogen and oxygen atoms in total. The second-order valence-electron chi connectivity index (χ2n) is 7.11. The quantitative estimate of drug-likeness (QED) is 0.658. The number of benzene rings is 2. The van der Waals surface area contributed by atoms with Gasteiger partial charge in [0.2, 0.25) is 0 Å². The van der Waals surface area contributed by atoms with Gasteiger partial charge in [0, 0.05) is 28.3 Å². The monoisotopic (exact) mass is 423 g/mol. The van der Waals surface area contributed by atoms with Gasteiger partial charge in [-0.1, -0.05) is 30.7 Å². The Morgan fingerprint density at radius 2 is 1.97 bits per heavy atom. The molecule has 0 spiro atoms. The van der Waals surface area contributed by atoms with Crippen LogP contribution in [0, 0.1) is 6.92 Å². The average molecular weight is 424 g/mol. The van der Waals surface area contributed by atoms with Crippen molar-refractivity contribution < 1.29 is 9.90 Å². The van der Waals surface area contributed by atoms with Crippen LogP contribution in [0.4, 0.5) is 0 Å². The van der Waals surface area contributed by atoms with Crippen LogP contribution in [0.15, 0.2) is 47.5 Å². The van der Waals surface area contributed by atoms with E-state index in [1.54, 1.807) is 18.2 Å². The van der Waals surface area contributed by atoms with E-state index in [-0.39, 0.29) is 12.5 Å². The number of hydrogen-bond donors (Lipinski definition) is 2. The molecule has 3 aromatic rings. The SMILES string of the molecule is CCCNC(=O)c1ccc2c(c1)C(c1ccc(Cl)cc1)=N[C@@H](CO)c1nnc(C)n1-2. The number of nitrogens with zero attached hydrogens (tertiary/aromatic N) is 4. The molecule has 1 atom stereocenters. The van der Waals surface area contributed by atoms with Crippen LogP contribution in [0.1, 0.15) is 52.5 Å². The standard InChI is InChI=1S/C22H22ClN5O2/c1-3-10-24-22(30)15-6-9-19-17(11-15)20(14-4-7-16(23)8-5-14)25-18(12-29)21-27-26-13(2)28(19)21/h4-9,11,18,29H,3,10,12H2,1-2H3,(H,24,30)/t18-/m0/s1. The van der Waals surface area contributed by atoms with Crippen molar-refractivity contribution in [2.24, 2.45) is 4.99 Å². The first-order chi connectivity index (χ1) is 14.5. The van der Waals surface area contributed by atoms with Gasteiger partial charge in [-0.3, -0.25) is 14.4 Å². The van der Waals surface area contributed by atoms with Crippen molar-refractivity contribution in [3.63, 3.8) is 0 Å². The number of halogens is 1. The van der Waals surface area contributed by atoms with Crippen LogP contribution in [-0.2, 0) is 0 Å². The zero-order chi connectivity index (χ0) is 21.3. The van der Waals surface area contributed by atoms with Crippen molar-refractivity contribution in [1.29, 1.82) is 0 Å². The van der Waals surface area contributed by atoms with Gasteiger partial charge in [-0.25, -0.2) is 0 Å². The maximum absolute atomic E-state index is 12.6. The third kappa shape index (κ3) is 3.62. The number of amides is 1. The Morgan fingerprint density at radius 1 is 1.20 bits per heavy atom. The minimum Gasteiger partial charge on any atom is -0.394 e. The van der Waals surface area contributed by atoms with Gasteiger partial charge in [-0.15, -0.1) is 10.2 Å². The summed E-state index contributed by atoms with van der Waals surface area (Å²) in [6.45, 7) is 4.25. The number of rotatable bonds is 5. The van der Waals surface area contributed by atoms with E-state index in [0.29, 0.717) is 34.5 Å². The molecule has 0 bridgehead atoms. The van der Waals surface area contributed by atoms with E-state index >= 15 is 0 Å². The van der Waals surface area contributed by atoms with Gasteiger partial charge in [-0.05, 0) is 43.7 Å². The number of aryl methyl sites for hydroxylation is 1. The average Bonchev–Trinajstić information content (AvgIpc) is 3.07. The predicted molar refractivity (Wildman–Crippen MR) is 116 cm³/mol. The van der Waals surface area contributed by atoms with Gasteiger partial charge in [0.15, 0.2) is 5.82 Å². The second kappa shape index (κ2) is 8.38. The lowest BCUT2D eigenvalue weighted by atomic mass is 9.98. The molecule has 154 valence electrons. The molecule has 8 heteroatoms. The molecule has 4 rings (SSSR count). The summed E-state index contributed by atoms with van der Waals surface area (Å²) in [5.41, 5.74) is 3.61. The Balaban J connectivity index is 1.94. The van der Waals surface area contributed by atoms with Gasteiger partial charge in [0.1, 0.15) is 11.9 Å². The lowest BCUT2D eigenvalue weighted by Crippen LogP contribution is -2.24.